The molecule has 0 spiro atoms. The van der Waals surface area contributed by atoms with E-state index in [0.29, 0.717) is 11.5 Å². The lowest BCUT2D eigenvalue weighted by Crippen LogP contribution is -2.08. The highest BCUT2D eigenvalue weighted by Gasteiger charge is 2.05. The Hall–Kier alpha value is -3.41. The zero-order valence-electron chi connectivity index (χ0n) is 15.4. The summed E-state index contributed by atoms with van der Waals surface area (Å²) in [5.74, 6) is 2.10. The van der Waals surface area contributed by atoms with Crippen LogP contribution in [0.2, 0.25) is 0 Å². The van der Waals surface area contributed by atoms with E-state index in [1.807, 2.05) is 36.4 Å². The summed E-state index contributed by atoms with van der Waals surface area (Å²) in [4.78, 5) is 20.2. The number of aromatic nitrogens is 2. The van der Waals surface area contributed by atoms with Crippen molar-refractivity contribution in [2.24, 2.45) is 0 Å². The summed E-state index contributed by atoms with van der Waals surface area (Å²) in [5, 5.41) is 6.43. The van der Waals surface area contributed by atoms with Gasteiger partial charge in [-0.2, -0.15) is 4.98 Å². The first-order chi connectivity index (χ1) is 13.2. The Morgan fingerprint density at radius 1 is 1.11 bits per heavy atom. The number of carbonyl (C=O) groups excluding carboxylic acids is 1. The minimum absolute atomic E-state index is 0.0197. The van der Waals surface area contributed by atoms with E-state index < -0.39 is 0 Å². The highest BCUT2D eigenvalue weighted by atomic mass is 16.5. The molecule has 1 aromatic heterocycles. The van der Waals surface area contributed by atoms with Crippen molar-refractivity contribution in [2.75, 3.05) is 24.3 Å². The zero-order valence-corrected chi connectivity index (χ0v) is 15.4. The minimum Gasteiger partial charge on any atom is -0.496 e. The fourth-order valence-corrected chi connectivity index (χ4v) is 2.70. The second-order valence-electron chi connectivity index (χ2n) is 6.02. The van der Waals surface area contributed by atoms with Gasteiger partial charge in [0.05, 0.1) is 7.11 Å². The SMILES string of the molecule is COc1ccccc1CCNc1ccnc(Nc2cccc(C(C)=O)c2)n1. The first-order valence-electron chi connectivity index (χ1n) is 8.72. The first kappa shape index (κ1) is 18.4. The van der Waals surface area contributed by atoms with Crippen molar-refractivity contribution < 1.29 is 9.53 Å². The van der Waals surface area contributed by atoms with E-state index in [2.05, 4.69) is 26.7 Å². The van der Waals surface area contributed by atoms with Gasteiger partial charge in [0.15, 0.2) is 5.78 Å². The first-order valence-corrected chi connectivity index (χ1v) is 8.72. The average Bonchev–Trinajstić information content (AvgIpc) is 2.69. The number of ether oxygens (including phenoxy) is 1. The van der Waals surface area contributed by atoms with Crippen LogP contribution in [0.5, 0.6) is 5.75 Å². The standard InChI is InChI=1S/C21H22N4O2/c1-15(26)17-7-5-8-18(14-17)24-21-23-13-11-20(25-21)22-12-10-16-6-3-4-9-19(16)27-2/h3-9,11,13-14H,10,12H2,1-2H3,(H2,22,23,24,25). The number of carbonyl (C=O) groups is 1. The molecule has 0 saturated heterocycles. The number of nitrogens with one attached hydrogen (secondary N) is 2. The molecule has 2 aromatic carbocycles. The van der Waals surface area contributed by atoms with Gasteiger partial charge in [0.2, 0.25) is 5.95 Å². The lowest BCUT2D eigenvalue weighted by atomic mass is 10.1. The number of anilines is 3. The summed E-state index contributed by atoms with van der Waals surface area (Å²) < 4.78 is 5.37. The lowest BCUT2D eigenvalue weighted by Gasteiger charge is -2.10. The molecule has 0 unspecified atom stereocenters. The number of hydrogen-bond donors (Lipinski definition) is 2. The van der Waals surface area contributed by atoms with E-state index in [9.17, 15) is 4.79 Å². The fourth-order valence-electron chi connectivity index (χ4n) is 2.70. The molecule has 0 aliphatic carbocycles. The second-order valence-corrected chi connectivity index (χ2v) is 6.02. The molecule has 0 aliphatic heterocycles. The van der Waals surface area contributed by atoms with Crippen molar-refractivity contribution in [1.82, 2.24) is 9.97 Å². The number of rotatable bonds is 8. The predicted octanol–water partition coefficient (Wildman–Crippen LogP) is 4.09. The summed E-state index contributed by atoms with van der Waals surface area (Å²) in [6, 6.07) is 17.1. The molecule has 0 saturated carbocycles. The Morgan fingerprint density at radius 2 is 1.96 bits per heavy atom. The normalized spacial score (nSPS) is 10.3. The van der Waals surface area contributed by atoms with Crippen LogP contribution in [0.15, 0.2) is 60.8 Å². The van der Waals surface area contributed by atoms with Crippen molar-refractivity contribution in [3.05, 3.63) is 71.9 Å². The highest BCUT2D eigenvalue weighted by molar-refractivity contribution is 5.95. The van der Waals surface area contributed by atoms with E-state index in [1.165, 1.54) is 0 Å². The van der Waals surface area contributed by atoms with Gasteiger partial charge in [-0.3, -0.25) is 4.79 Å². The number of hydrogen-bond acceptors (Lipinski definition) is 6. The number of nitrogens with zero attached hydrogens (tertiary/aromatic N) is 2. The topological polar surface area (TPSA) is 76.1 Å². The van der Waals surface area contributed by atoms with Gasteiger partial charge in [-0.1, -0.05) is 30.3 Å². The van der Waals surface area contributed by atoms with Crippen LogP contribution >= 0.6 is 0 Å². The number of Topliss-reactive ketones (excluding diaryl/α,β-unsaturated/α-hetero) is 1. The molecule has 0 radical (unpaired) electrons. The van der Waals surface area contributed by atoms with Gasteiger partial charge < -0.3 is 15.4 Å². The van der Waals surface area contributed by atoms with Crippen molar-refractivity contribution >= 4 is 23.2 Å². The molecule has 27 heavy (non-hydrogen) atoms. The Kier molecular flexibility index (Phi) is 5.99. The molecular weight excluding hydrogens is 340 g/mol. The number of benzene rings is 2. The monoisotopic (exact) mass is 362 g/mol. The van der Waals surface area contributed by atoms with Crippen molar-refractivity contribution in [1.29, 1.82) is 0 Å². The molecule has 6 heteroatoms. The van der Waals surface area contributed by atoms with Crippen LogP contribution in [0.25, 0.3) is 0 Å². The number of para-hydroxylation sites is 1. The summed E-state index contributed by atoms with van der Waals surface area (Å²) in [6.07, 6.45) is 2.51. The van der Waals surface area contributed by atoms with Crippen molar-refractivity contribution in [3.8, 4) is 5.75 Å². The third-order valence-corrected chi connectivity index (χ3v) is 4.07. The molecule has 0 aliphatic rings. The van der Waals surface area contributed by atoms with Crippen LogP contribution in [0.3, 0.4) is 0 Å². The molecule has 2 N–H and O–H groups in total. The Labute approximate surface area is 158 Å². The van der Waals surface area contributed by atoms with Crippen LogP contribution < -0.4 is 15.4 Å². The molecular formula is C21H22N4O2. The molecule has 0 atom stereocenters. The quantitative estimate of drug-likeness (QED) is 0.588. The highest BCUT2D eigenvalue weighted by Crippen LogP contribution is 2.19. The average molecular weight is 362 g/mol. The summed E-state index contributed by atoms with van der Waals surface area (Å²) >= 11 is 0. The van der Waals surface area contributed by atoms with E-state index >= 15 is 0 Å². The third-order valence-electron chi connectivity index (χ3n) is 4.07. The van der Waals surface area contributed by atoms with Gasteiger partial charge in [0, 0.05) is 24.0 Å². The Balaban J connectivity index is 1.62. The van der Waals surface area contributed by atoms with Gasteiger partial charge >= 0.3 is 0 Å². The maximum atomic E-state index is 11.5. The summed E-state index contributed by atoms with van der Waals surface area (Å²) in [7, 11) is 1.68. The zero-order chi connectivity index (χ0) is 19.1. The van der Waals surface area contributed by atoms with Gasteiger partial charge in [-0.15, -0.1) is 0 Å². The second kappa shape index (κ2) is 8.80. The molecule has 3 aromatic rings. The number of ketones is 1. The maximum absolute atomic E-state index is 11.5. The van der Waals surface area contributed by atoms with Gasteiger partial charge in [-0.05, 0) is 43.2 Å². The Morgan fingerprint density at radius 3 is 2.78 bits per heavy atom. The lowest BCUT2D eigenvalue weighted by molar-refractivity contribution is 0.101. The van der Waals surface area contributed by atoms with Crippen LogP contribution in [0.1, 0.15) is 22.8 Å². The molecule has 3 rings (SSSR count). The van der Waals surface area contributed by atoms with Crippen molar-refractivity contribution in [3.63, 3.8) is 0 Å². The molecule has 0 amide bonds. The predicted molar refractivity (Wildman–Crippen MR) is 107 cm³/mol. The van der Waals surface area contributed by atoms with E-state index in [0.717, 1.165) is 35.8 Å². The summed E-state index contributed by atoms with van der Waals surface area (Å²) in [6.45, 7) is 2.26. The van der Waals surface area contributed by atoms with Crippen LogP contribution in [-0.4, -0.2) is 29.4 Å². The van der Waals surface area contributed by atoms with E-state index in [1.54, 1.807) is 32.4 Å². The molecule has 0 bridgehead atoms. The van der Waals surface area contributed by atoms with Crippen LogP contribution in [0.4, 0.5) is 17.5 Å². The van der Waals surface area contributed by atoms with Crippen LogP contribution in [0, 0.1) is 0 Å². The molecule has 6 nitrogen and oxygen atoms in total. The summed E-state index contributed by atoms with van der Waals surface area (Å²) in [5.41, 5.74) is 2.56. The molecule has 138 valence electrons. The van der Waals surface area contributed by atoms with Gasteiger partial charge in [0.1, 0.15) is 11.6 Å². The smallest absolute Gasteiger partial charge is 0.229 e. The fraction of sp³-hybridized carbons (Fsp3) is 0.190. The van der Waals surface area contributed by atoms with Crippen molar-refractivity contribution in [2.45, 2.75) is 13.3 Å². The third kappa shape index (κ3) is 5.04. The van der Waals surface area contributed by atoms with E-state index in [4.69, 9.17) is 4.74 Å². The largest absolute Gasteiger partial charge is 0.496 e. The van der Waals surface area contributed by atoms with Crippen LogP contribution in [-0.2, 0) is 6.42 Å². The Bertz CT molecular complexity index is 927. The van der Waals surface area contributed by atoms with E-state index in [-0.39, 0.29) is 5.78 Å². The molecule has 1 heterocycles. The number of methoxy groups -OCH3 is 1. The van der Waals surface area contributed by atoms with Gasteiger partial charge in [-0.25, -0.2) is 4.98 Å². The molecule has 0 fully saturated rings. The van der Waals surface area contributed by atoms with Gasteiger partial charge in [0.25, 0.3) is 0 Å². The minimum atomic E-state index is 0.0197. The maximum Gasteiger partial charge on any atom is 0.229 e.